The number of benzene rings is 2. The molecule has 6 nitrogen and oxygen atoms in total. The zero-order valence-electron chi connectivity index (χ0n) is 20.6. The van der Waals surface area contributed by atoms with Gasteiger partial charge in [0, 0.05) is 49.7 Å². The first-order valence-corrected chi connectivity index (χ1v) is 12.5. The summed E-state index contributed by atoms with van der Waals surface area (Å²) in [7, 11) is 0. The fraction of sp³-hybridized carbons (Fsp3) is 0.481. The number of nitrogens with zero attached hydrogens (tertiary/aromatic N) is 2. The summed E-state index contributed by atoms with van der Waals surface area (Å²) < 4.78 is 38.7. The number of anilines is 3. The van der Waals surface area contributed by atoms with Crippen LogP contribution in [0, 0.1) is 11.8 Å². The minimum atomic E-state index is -4.11. The average Bonchev–Trinajstić information content (AvgIpc) is 3.25. The molecular formula is C27H33F3N4O2. The van der Waals surface area contributed by atoms with Crippen molar-refractivity contribution in [3.05, 3.63) is 54.1 Å². The fourth-order valence-corrected chi connectivity index (χ4v) is 4.91. The average molecular weight is 503 g/mol. The van der Waals surface area contributed by atoms with E-state index in [1.54, 1.807) is 4.90 Å². The number of alkyl halides is 3. The Bertz CT molecular complexity index is 1050. The number of amides is 2. The molecular weight excluding hydrogens is 469 g/mol. The maximum atomic E-state index is 12.9. The Balaban J connectivity index is 1.28. The van der Waals surface area contributed by atoms with E-state index in [9.17, 15) is 22.8 Å². The highest BCUT2D eigenvalue weighted by atomic mass is 19.4. The van der Waals surface area contributed by atoms with Crippen molar-refractivity contribution in [3.63, 3.8) is 0 Å². The molecule has 2 aromatic rings. The fourth-order valence-electron chi connectivity index (χ4n) is 4.91. The topological polar surface area (TPSA) is 64.7 Å². The van der Waals surface area contributed by atoms with E-state index in [2.05, 4.69) is 10.6 Å². The van der Waals surface area contributed by atoms with Crippen LogP contribution in [0.3, 0.4) is 0 Å². The summed E-state index contributed by atoms with van der Waals surface area (Å²) in [5.41, 5.74) is 3.65. The summed E-state index contributed by atoms with van der Waals surface area (Å²) in [4.78, 5) is 28.2. The monoisotopic (exact) mass is 502 g/mol. The standard InChI is InChI=1S/C27H33F3N4O2/c1-3-33-17-20(16-25(33)35)26(36)31-18(2)19-4-6-22(7-5-19)32-23-8-10-24(11-9-23)34-14-12-21(13-15-34)27(28,29)30/h4-11,18,20-21,32H,3,12-17H2,1-2H3,(H,31,36). The van der Waals surface area contributed by atoms with Gasteiger partial charge >= 0.3 is 6.18 Å². The third kappa shape index (κ3) is 6.12. The second-order valence-corrected chi connectivity index (χ2v) is 9.66. The van der Waals surface area contributed by atoms with Crippen molar-refractivity contribution in [3.8, 4) is 0 Å². The Labute approximate surface area is 209 Å². The van der Waals surface area contributed by atoms with Crippen LogP contribution in [-0.2, 0) is 9.59 Å². The number of piperidine rings is 1. The molecule has 2 aliphatic rings. The molecule has 2 aliphatic heterocycles. The normalized spacial score (nSPS) is 19.9. The van der Waals surface area contributed by atoms with Crippen LogP contribution in [0.1, 0.15) is 44.7 Å². The lowest BCUT2D eigenvalue weighted by atomic mass is 9.96. The Morgan fingerprint density at radius 2 is 1.61 bits per heavy atom. The molecule has 4 rings (SSSR count). The lowest BCUT2D eigenvalue weighted by Crippen LogP contribution is -2.38. The molecule has 2 saturated heterocycles. The Morgan fingerprint density at radius 3 is 2.14 bits per heavy atom. The van der Waals surface area contributed by atoms with Crippen LogP contribution in [0.5, 0.6) is 0 Å². The van der Waals surface area contributed by atoms with Gasteiger partial charge in [0.1, 0.15) is 0 Å². The van der Waals surface area contributed by atoms with Gasteiger partial charge < -0.3 is 20.4 Å². The van der Waals surface area contributed by atoms with Crippen molar-refractivity contribution in [1.29, 1.82) is 0 Å². The number of hydrogen-bond acceptors (Lipinski definition) is 4. The molecule has 2 N–H and O–H groups in total. The van der Waals surface area contributed by atoms with E-state index in [4.69, 9.17) is 0 Å². The highest BCUT2D eigenvalue weighted by Gasteiger charge is 2.41. The molecule has 9 heteroatoms. The SMILES string of the molecule is CCN1CC(C(=O)NC(C)c2ccc(Nc3ccc(N4CCC(C(F)(F)F)CC4)cc3)cc2)CC1=O. The quantitative estimate of drug-likeness (QED) is 0.543. The second-order valence-electron chi connectivity index (χ2n) is 9.66. The molecule has 0 aliphatic carbocycles. The minimum absolute atomic E-state index is 0.0276. The first-order chi connectivity index (χ1) is 17.1. The molecule has 2 unspecified atom stereocenters. The van der Waals surface area contributed by atoms with Gasteiger partial charge in [-0.3, -0.25) is 9.59 Å². The second kappa shape index (κ2) is 10.8. The van der Waals surface area contributed by atoms with Crippen LogP contribution in [-0.4, -0.2) is 49.1 Å². The highest BCUT2D eigenvalue weighted by molar-refractivity contribution is 5.89. The van der Waals surface area contributed by atoms with Crippen LogP contribution in [0.2, 0.25) is 0 Å². The largest absolute Gasteiger partial charge is 0.391 e. The molecule has 0 spiro atoms. The molecule has 0 aromatic heterocycles. The molecule has 2 fully saturated rings. The van der Waals surface area contributed by atoms with Crippen LogP contribution in [0.25, 0.3) is 0 Å². The zero-order valence-corrected chi connectivity index (χ0v) is 20.6. The van der Waals surface area contributed by atoms with Gasteiger partial charge in [0.25, 0.3) is 0 Å². The van der Waals surface area contributed by atoms with Crippen molar-refractivity contribution >= 4 is 28.9 Å². The van der Waals surface area contributed by atoms with Gasteiger partial charge in [-0.1, -0.05) is 12.1 Å². The smallest absolute Gasteiger partial charge is 0.372 e. The number of hydrogen-bond donors (Lipinski definition) is 2. The Kier molecular flexibility index (Phi) is 7.76. The molecule has 36 heavy (non-hydrogen) atoms. The molecule has 194 valence electrons. The molecule has 2 aromatic carbocycles. The summed E-state index contributed by atoms with van der Waals surface area (Å²) in [6.07, 6.45) is -3.58. The van der Waals surface area contributed by atoms with Gasteiger partial charge in [0.05, 0.1) is 17.9 Å². The zero-order chi connectivity index (χ0) is 25.9. The first kappa shape index (κ1) is 25.9. The number of likely N-dealkylation sites (tertiary alicyclic amines) is 1. The summed E-state index contributed by atoms with van der Waals surface area (Å²) in [5, 5.41) is 6.35. The minimum Gasteiger partial charge on any atom is -0.372 e. The molecule has 2 heterocycles. The van der Waals surface area contributed by atoms with Crippen molar-refractivity contribution < 1.29 is 22.8 Å². The number of nitrogens with one attached hydrogen (secondary N) is 2. The Hall–Kier alpha value is -3.23. The van der Waals surface area contributed by atoms with Gasteiger partial charge in [-0.2, -0.15) is 13.2 Å². The van der Waals surface area contributed by atoms with Gasteiger partial charge in [0.2, 0.25) is 11.8 Å². The molecule has 0 radical (unpaired) electrons. The summed E-state index contributed by atoms with van der Waals surface area (Å²) in [5.74, 6) is -1.58. The predicted molar refractivity (Wildman–Crippen MR) is 134 cm³/mol. The van der Waals surface area contributed by atoms with Gasteiger partial charge in [-0.05, 0) is 68.7 Å². The van der Waals surface area contributed by atoms with E-state index in [0.29, 0.717) is 26.2 Å². The van der Waals surface area contributed by atoms with Crippen LogP contribution >= 0.6 is 0 Å². The van der Waals surface area contributed by atoms with Crippen molar-refractivity contribution in [2.75, 3.05) is 36.4 Å². The molecule has 0 saturated carbocycles. The lowest BCUT2D eigenvalue weighted by molar-refractivity contribution is -0.179. The van der Waals surface area contributed by atoms with Gasteiger partial charge in [0.15, 0.2) is 0 Å². The van der Waals surface area contributed by atoms with E-state index in [1.807, 2.05) is 67.3 Å². The van der Waals surface area contributed by atoms with E-state index in [1.165, 1.54) is 0 Å². The number of carbonyl (C=O) groups excluding carboxylic acids is 2. The van der Waals surface area contributed by atoms with E-state index in [-0.39, 0.29) is 43.0 Å². The number of rotatable bonds is 7. The van der Waals surface area contributed by atoms with Crippen molar-refractivity contribution in [1.82, 2.24) is 10.2 Å². The van der Waals surface area contributed by atoms with Crippen molar-refractivity contribution in [2.45, 2.75) is 45.3 Å². The van der Waals surface area contributed by atoms with Gasteiger partial charge in [-0.15, -0.1) is 0 Å². The number of carbonyl (C=O) groups is 2. The molecule has 2 amide bonds. The Morgan fingerprint density at radius 1 is 1.03 bits per heavy atom. The molecule has 2 atom stereocenters. The summed E-state index contributed by atoms with van der Waals surface area (Å²) in [6, 6.07) is 15.3. The first-order valence-electron chi connectivity index (χ1n) is 12.5. The van der Waals surface area contributed by atoms with E-state index < -0.39 is 12.1 Å². The highest BCUT2D eigenvalue weighted by Crippen LogP contribution is 2.35. The summed E-state index contributed by atoms with van der Waals surface area (Å²) in [6.45, 7) is 5.74. The van der Waals surface area contributed by atoms with E-state index >= 15 is 0 Å². The lowest BCUT2D eigenvalue weighted by Gasteiger charge is -2.34. The third-order valence-corrected chi connectivity index (χ3v) is 7.22. The third-order valence-electron chi connectivity index (χ3n) is 7.22. The van der Waals surface area contributed by atoms with Crippen LogP contribution < -0.4 is 15.5 Å². The van der Waals surface area contributed by atoms with Gasteiger partial charge in [-0.25, -0.2) is 0 Å². The predicted octanol–water partition coefficient (Wildman–Crippen LogP) is 5.25. The van der Waals surface area contributed by atoms with E-state index in [0.717, 1.165) is 22.6 Å². The summed E-state index contributed by atoms with van der Waals surface area (Å²) >= 11 is 0. The van der Waals surface area contributed by atoms with Crippen LogP contribution in [0.15, 0.2) is 48.5 Å². The number of halogens is 3. The van der Waals surface area contributed by atoms with Crippen LogP contribution in [0.4, 0.5) is 30.2 Å². The molecule has 0 bridgehead atoms. The van der Waals surface area contributed by atoms with Crippen molar-refractivity contribution in [2.24, 2.45) is 11.8 Å². The maximum absolute atomic E-state index is 12.9. The maximum Gasteiger partial charge on any atom is 0.391 e.